The number of carbonyl (C=O) groups is 3. The standard InChI is InChI=1S/C16H19N5O5S2/c1-6(2)26-20-11-13(23)21-9(15(24)25)4-10(28-14(11)21)19-12(22)7(3)8-5-27-16(17)18-8/h4-7,10,14H,1-3H3,(H2,17,18)(H,19,22)(H,24,25)/t7?,10?,14-/m1/s1. The molecular weight excluding hydrogens is 406 g/mol. The van der Waals surface area contributed by atoms with Gasteiger partial charge in [0.05, 0.1) is 17.0 Å². The van der Waals surface area contributed by atoms with Gasteiger partial charge in [0, 0.05) is 5.38 Å². The van der Waals surface area contributed by atoms with Gasteiger partial charge >= 0.3 is 5.97 Å². The number of carbonyl (C=O) groups excluding carboxylic acids is 2. The van der Waals surface area contributed by atoms with Crippen LogP contribution in [0.15, 0.2) is 22.3 Å². The van der Waals surface area contributed by atoms with Crippen LogP contribution in [0.5, 0.6) is 0 Å². The zero-order valence-electron chi connectivity index (χ0n) is 15.3. The number of nitrogens with zero attached hydrogens (tertiary/aromatic N) is 3. The first-order valence-corrected chi connectivity index (χ1v) is 10.2. The van der Waals surface area contributed by atoms with Crippen molar-refractivity contribution in [1.29, 1.82) is 0 Å². The molecule has 2 aliphatic rings. The molecule has 10 nitrogen and oxygen atoms in total. The summed E-state index contributed by atoms with van der Waals surface area (Å²) in [5.74, 6) is -2.68. The minimum Gasteiger partial charge on any atom is -0.477 e. The summed E-state index contributed by atoms with van der Waals surface area (Å²) < 4.78 is 0. The Bertz CT molecular complexity index is 881. The third kappa shape index (κ3) is 3.83. The summed E-state index contributed by atoms with van der Waals surface area (Å²) in [5, 5.41) is 16.8. The number of aliphatic carboxylic acids is 1. The second kappa shape index (κ2) is 7.80. The van der Waals surface area contributed by atoms with E-state index >= 15 is 0 Å². The second-order valence-corrected chi connectivity index (χ2v) is 8.53. The fraction of sp³-hybridized carbons (Fsp3) is 0.438. The highest BCUT2D eigenvalue weighted by molar-refractivity contribution is 8.01. The molecule has 3 atom stereocenters. The predicted octanol–water partition coefficient (Wildman–Crippen LogP) is 0.936. The summed E-state index contributed by atoms with van der Waals surface area (Å²) >= 11 is 2.43. The van der Waals surface area contributed by atoms with Crippen molar-refractivity contribution in [1.82, 2.24) is 15.2 Å². The van der Waals surface area contributed by atoms with E-state index in [1.54, 1.807) is 26.2 Å². The van der Waals surface area contributed by atoms with E-state index < -0.39 is 28.5 Å². The Morgan fingerprint density at radius 1 is 1.43 bits per heavy atom. The van der Waals surface area contributed by atoms with Crippen molar-refractivity contribution in [3.63, 3.8) is 0 Å². The number of nitrogen functional groups attached to an aromatic ring is 1. The largest absolute Gasteiger partial charge is 0.477 e. The monoisotopic (exact) mass is 425 g/mol. The van der Waals surface area contributed by atoms with Crippen LogP contribution in [-0.4, -0.2) is 55.3 Å². The fourth-order valence-electron chi connectivity index (χ4n) is 2.55. The molecular formula is C16H19N5O5S2. The highest BCUT2D eigenvalue weighted by atomic mass is 32.2. The maximum atomic E-state index is 12.6. The normalized spacial score (nSPS) is 23.7. The van der Waals surface area contributed by atoms with Gasteiger partial charge < -0.3 is 21.0 Å². The number of fused-ring (bicyclic) bond motifs is 1. The first kappa shape index (κ1) is 20.1. The Balaban J connectivity index is 1.77. The molecule has 1 aromatic heterocycles. The highest BCUT2D eigenvalue weighted by Gasteiger charge is 2.52. The Labute approximate surface area is 168 Å². The first-order valence-electron chi connectivity index (χ1n) is 8.38. The number of oxime groups is 1. The summed E-state index contributed by atoms with van der Waals surface area (Å²) in [6.07, 6.45) is 1.11. The number of amides is 2. The molecule has 150 valence electrons. The minimum absolute atomic E-state index is 0.116. The molecule has 1 fully saturated rings. The predicted molar refractivity (Wildman–Crippen MR) is 104 cm³/mol. The molecule has 4 N–H and O–H groups in total. The van der Waals surface area contributed by atoms with Crippen LogP contribution in [0.2, 0.25) is 0 Å². The van der Waals surface area contributed by atoms with E-state index in [1.165, 1.54) is 29.2 Å². The van der Waals surface area contributed by atoms with Gasteiger partial charge in [0.2, 0.25) is 5.91 Å². The van der Waals surface area contributed by atoms with Crippen molar-refractivity contribution in [3.05, 3.63) is 22.8 Å². The maximum absolute atomic E-state index is 12.6. The summed E-state index contributed by atoms with van der Waals surface area (Å²) in [6.45, 7) is 5.20. The van der Waals surface area contributed by atoms with Gasteiger partial charge in [0.1, 0.15) is 17.2 Å². The number of aromatic nitrogens is 1. The number of hydrogen-bond donors (Lipinski definition) is 3. The third-order valence-electron chi connectivity index (χ3n) is 3.99. The van der Waals surface area contributed by atoms with Crippen LogP contribution in [0, 0.1) is 0 Å². The van der Waals surface area contributed by atoms with Crippen LogP contribution < -0.4 is 11.1 Å². The lowest BCUT2D eigenvalue weighted by Crippen LogP contribution is -2.63. The number of hydrogen-bond acceptors (Lipinski definition) is 9. The molecule has 0 saturated carbocycles. The number of anilines is 1. The first-order chi connectivity index (χ1) is 13.2. The molecule has 2 aliphatic heterocycles. The summed E-state index contributed by atoms with van der Waals surface area (Å²) in [4.78, 5) is 46.7. The van der Waals surface area contributed by atoms with E-state index in [2.05, 4.69) is 15.5 Å². The van der Waals surface area contributed by atoms with E-state index in [1.807, 2.05) is 0 Å². The van der Waals surface area contributed by atoms with Gasteiger partial charge in [-0.1, -0.05) is 5.16 Å². The Morgan fingerprint density at radius 2 is 2.14 bits per heavy atom. The molecule has 1 saturated heterocycles. The lowest BCUT2D eigenvalue weighted by molar-refractivity contribution is -0.139. The van der Waals surface area contributed by atoms with E-state index in [0.717, 1.165) is 4.90 Å². The average Bonchev–Trinajstić information content (AvgIpc) is 3.06. The summed E-state index contributed by atoms with van der Waals surface area (Å²) in [5.41, 5.74) is 6.06. The number of carboxylic acid groups (broad SMARTS) is 1. The molecule has 0 spiro atoms. The van der Waals surface area contributed by atoms with Gasteiger partial charge in [-0.2, -0.15) is 0 Å². The van der Waals surface area contributed by atoms with Crippen molar-refractivity contribution < 1.29 is 24.3 Å². The number of carboxylic acids is 1. The second-order valence-electron chi connectivity index (χ2n) is 6.41. The SMILES string of the molecule is CC(C)ON=C1C(=O)N2C(C(=O)O)=CC(NC(=O)C(C)c3csc(N)n3)S[C@H]12. The number of rotatable bonds is 6. The number of nitrogens with two attached hydrogens (primary N) is 1. The molecule has 0 radical (unpaired) electrons. The van der Waals surface area contributed by atoms with Gasteiger partial charge in [0.25, 0.3) is 5.91 Å². The maximum Gasteiger partial charge on any atom is 0.352 e. The minimum atomic E-state index is -1.26. The Morgan fingerprint density at radius 3 is 2.71 bits per heavy atom. The smallest absolute Gasteiger partial charge is 0.352 e. The van der Waals surface area contributed by atoms with E-state index in [-0.39, 0.29) is 23.4 Å². The van der Waals surface area contributed by atoms with E-state index in [9.17, 15) is 19.5 Å². The third-order valence-corrected chi connectivity index (χ3v) is 5.92. The average molecular weight is 425 g/mol. The van der Waals surface area contributed by atoms with Crippen LogP contribution in [-0.2, 0) is 19.2 Å². The highest BCUT2D eigenvalue weighted by Crippen LogP contribution is 2.38. The van der Waals surface area contributed by atoms with Gasteiger partial charge in [0.15, 0.2) is 10.8 Å². The molecule has 0 bridgehead atoms. The van der Waals surface area contributed by atoms with Crippen LogP contribution in [0.1, 0.15) is 32.4 Å². The van der Waals surface area contributed by atoms with Crippen LogP contribution in [0.25, 0.3) is 0 Å². The zero-order chi connectivity index (χ0) is 20.6. The molecule has 3 rings (SSSR count). The van der Waals surface area contributed by atoms with Crippen LogP contribution in [0.4, 0.5) is 5.13 Å². The molecule has 12 heteroatoms. The van der Waals surface area contributed by atoms with Crippen molar-refractivity contribution in [2.24, 2.45) is 5.16 Å². The summed E-state index contributed by atoms with van der Waals surface area (Å²) in [7, 11) is 0. The zero-order valence-corrected chi connectivity index (χ0v) is 16.9. The lowest BCUT2D eigenvalue weighted by Gasteiger charge is -2.44. The Hall–Kier alpha value is -2.60. The van der Waals surface area contributed by atoms with E-state index in [0.29, 0.717) is 10.8 Å². The van der Waals surface area contributed by atoms with Gasteiger partial charge in [-0.25, -0.2) is 9.78 Å². The topological polar surface area (TPSA) is 147 Å². The molecule has 0 aliphatic carbocycles. The molecule has 2 unspecified atom stereocenters. The van der Waals surface area contributed by atoms with E-state index in [4.69, 9.17) is 10.6 Å². The number of β-lactam (4-membered cyclic amide) rings is 1. The molecule has 1 aromatic rings. The van der Waals surface area contributed by atoms with Crippen molar-refractivity contribution in [3.8, 4) is 0 Å². The van der Waals surface area contributed by atoms with Crippen molar-refractivity contribution >= 4 is 51.7 Å². The molecule has 3 heterocycles. The van der Waals surface area contributed by atoms with Gasteiger partial charge in [-0.15, -0.1) is 23.1 Å². The molecule has 0 aromatic carbocycles. The fourth-order valence-corrected chi connectivity index (χ4v) is 4.48. The van der Waals surface area contributed by atoms with Gasteiger partial charge in [-0.05, 0) is 26.8 Å². The van der Waals surface area contributed by atoms with Gasteiger partial charge in [-0.3, -0.25) is 14.5 Å². The number of thioether (sulfide) groups is 1. The van der Waals surface area contributed by atoms with Crippen molar-refractivity contribution in [2.45, 2.75) is 43.5 Å². The molecule has 28 heavy (non-hydrogen) atoms. The lowest BCUT2D eigenvalue weighted by atomic mass is 10.1. The van der Waals surface area contributed by atoms with Crippen LogP contribution in [0.3, 0.4) is 0 Å². The summed E-state index contributed by atoms with van der Waals surface area (Å²) in [6, 6.07) is 0. The Kier molecular flexibility index (Phi) is 5.61. The molecule has 2 amide bonds. The number of nitrogens with one attached hydrogen (secondary N) is 1. The van der Waals surface area contributed by atoms with Crippen LogP contribution >= 0.6 is 23.1 Å². The quantitative estimate of drug-likeness (QED) is 0.450. The number of thiazole rings is 1. The van der Waals surface area contributed by atoms with Crippen molar-refractivity contribution in [2.75, 3.05) is 5.73 Å².